The summed E-state index contributed by atoms with van der Waals surface area (Å²) in [6, 6.07) is 10.0. The number of benzene rings is 2. The standard InChI is InChI=1S/C24H28N4O6S/c1-5-15(2)28(35(33,34)21-12-8-19(9-13-21)26-17(4)30)22-14-23(31)27(24(22)32)20-10-6-18(7-11-20)25-16(3)29/h6-13,15,22H,5,14H2,1-4H3,(H,25,29)(H,26,30). The molecule has 0 bridgehead atoms. The molecule has 0 aliphatic carbocycles. The maximum absolute atomic E-state index is 13.6. The van der Waals surface area contributed by atoms with Crippen molar-refractivity contribution in [2.24, 2.45) is 0 Å². The van der Waals surface area contributed by atoms with E-state index in [0.29, 0.717) is 17.8 Å². The number of anilines is 3. The van der Waals surface area contributed by atoms with Gasteiger partial charge >= 0.3 is 0 Å². The number of hydrogen-bond donors (Lipinski definition) is 2. The smallest absolute Gasteiger partial charge is 0.252 e. The number of hydrogen-bond acceptors (Lipinski definition) is 6. The molecule has 2 unspecified atom stereocenters. The third-order valence-electron chi connectivity index (χ3n) is 5.65. The summed E-state index contributed by atoms with van der Waals surface area (Å²) in [5.41, 5.74) is 1.23. The molecule has 3 rings (SSSR count). The topological polar surface area (TPSA) is 133 Å². The molecule has 11 heteroatoms. The van der Waals surface area contributed by atoms with Crippen LogP contribution in [0.2, 0.25) is 0 Å². The molecule has 2 aromatic rings. The summed E-state index contributed by atoms with van der Waals surface area (Å²) in [6.07, 6.45) is 0.131. The minimum absolute atomic E-state index is 0.0507. The first-order chi connectivity index (χ1) is 16.4. The summed E-state index contributed by atoms with van der Waals surface area (Å²) < 4.78 is 28.3. The molecule has 2 atom stereocenters. The minimum atomic E-state index is -4.15. The second-order valence-electron chi connectivity index (χ2n) is 8.31. The number of imide groups is 1. The third-order valence-corrected chi connectivity index (χ3v) is 7.69. The number of sulfonamides is 1. The first kappa shape index (κ1) is 26.0. The molecule has 1 saturated heterocycles. The second-order valence-corrected chi connectivity index (χ2v) is 10.2. The molecule has 2 aromatic carbocycles. The van der Waals surface area contributed by atoms with E-state index in [9.17, 15) is 27.6 Å². The molecule has 0 saturated carbocycles. The zero-order valence-electron chi connectivity index (χ0n) is 19.9. The van der Waals surface area contributed by atoms with Crippen LogP contribution in [0.25, 0.3) is 0 Å². The van der Waals surface area contributed by atoms with E-state index < -0.39 is 33.9 Å². The molecule has 1 aliphatic rings. The Morgan fingerprint density at radius 3 is 1.91 bits per heavy atom. The molecule has 35 heavy (non-hydrogen) atoms. The summed E-state index contributed by atoms with van der Waals surface area (Å²) in [6.45, 7) is 6.19. The lowest BCUT2D eigenvalue weighted by atomic mass is 10.2. The van der Waals surface area contributed by atoms with E-state index in [1.165, 1.54) is 50.2 Å². The highest BCUT2D eigenvalue weighted by molar-refractivity contribution is 7.89. The predicted octanol–water partition coefficient (Wildman–Crippen LogP) is 2.72. The lowest BCUT2D eigenvalue weighted by Gasteiger charge is -2.31. The number of nitrogens with one attached hydrogen (secondary N) is 2. The van der Waals surface area contributed by atoms with Crippen LogP contribution in [0.3, 0.4) is 0 Å². The summed E-state index contributed by atoms with van der Waals surface area (Å²) >= 11 is 0. The van der Waals surface area contributed by atoms with Crippen molar-refractivity contribution in [1.29, 1.82) is 0 Å². The van der Waals surface area contributed by atoms with Crippen molar-refractivity contribution in [2.45, 2.75) is 57.5 Å². The largest absolute Gasteiger partial charge is 0.326 e. The Morgan fingerprint density at radius 1 is 0.971 bits per heavy atom. The van der Waals surface area contributed by atoms with Crippen molar-refractivity contribution in [1.82, 2.24) is 4.31 Å². The Bertz CT molecular complexity index is 1240. The normalized spacial score (nSPS) is 16.9. The highest BCUT2D eigenvalue weighted by Crippen LogP contribution is 2.32. The number of amides is 4. The van der Waals surface area contributed by atoms with E-state index in [1.807, 2.05) is 0 Å². The van der Waals surface area contributed by atoms with Crippen LogP contribution in [-0.2, 0) is 29.2 Å². The lowest BCUT2D eigenvalue weighted by molar-refractivity contribution is -0.122. The van der Waals surface area contributed by atoms with E-state index in [0.717, 1.165) is 9.21 Å². The van der Waals surface area contributed by atoms with E-state index in [2.05, 4.69) is 10.6 Å². The lowest BCUT2D eigenvalue weighted by Crippen LogP contribution is -2.49. The van der Waals surface area contributed by atoms with Gasteiger partial charge in [-0.3, -0.25) is 19.2 Å². The summed E-state index contributed by atoms with van der Waals surface area (Å²) in [4.78, 5) is 49.7. The fourth-order valence-electron chi connectivity index (χ4n) is 3.91. The minimum Gasteiger partial charge on any atom is -0.326 e. The summed E-state index contributed by atoms with van der Waals surface area (Å²) in [7, 11) is -4.15. The van der Waals surface area contributed by atoms with Crippen molar-refractivity contribution in [2.75, 3.05) is 15.5 Å². The van der Waals surface area contributed by atoms with Gasteiger partial charge in [-0.15, -0.1) is 0 Å². The van der Waals surface area contributed by atoms with Crippen molar-refractivity contribution >= 4 is 50.7 Å². The average molecular weight is 501 g/mol. The zero-order chi connectivity index (χ0) is 25.9. The Kier molecular flexibility index (Phi) is 7.71. The molecule has 0 spiro atoms. The first-order valence-corrected chi connectivity index (χ1v) is 12.5. The SMILES string of the molecule is CCC(C)N(C1CC(=O)N(c2ccc(NC(C)=O)cc2)C1=O)S(=O)(=O)c1ccc(NC(C)=O)cc1. The Labute approximate surface area is 204 Å². The number of nitrogens with zero attached hydrogens (tertiary/aromatic N) is 2. The Hall–Kier alpha value is -3.57. The molecular weight excluding hydrogens is 472 g/mol. The van der Waals surface area contributed by atoms with Crippen LogP contribution < -0.4 is 15.5 Å². The number of carbonyl (C=O) groups excluding carboxylic acids is 4. The van der Waals surface area contributed by atoms with Gasteiger partial charge in [0, 0.05) is 31.3 Å². The van der Waals surface area contributed by atoms with Crippen LogP contribution in [0.15, 0.2) is 53.4 Å². The molecular formula is C24H28N4O6S. The maximum Gasteiger partial charge on any atom is 0.252 e. The fourth-order valence-corrected chi connectivity index (χ4v) is 5.76. The Morgan fingerprint density at radius 2 is 1.46 bits per heavy atom. The second kappa shape index (κ2) is 10.4. The van der Waals surface area contributed by atoms with Gasteiger partial charge in [0.1, 0.15) is 6.04 Å². The van der Waals surface area contributed by atoms with Gasteiger partial charge in [0.15, 0.2) is 0 Å². The van der Waals surface area contributed by atoms with E-state index in [4.69, 9.17) is 0 Å². The zero-order valence-corrected chi connectivity index (χ0v) is 20.8. The van der Waals surface area contributed by atoms with Crippen LogP contribution >= 0.6 is 0 Å². The number of carbonyl (C=O) groups is 4. The van der Waals surface area contributed by atoms with E-state index in [-0.39, 0.29) is 28.8 Å². The maximum atomic E-state index is 13.6. The molecule has 1 fully saturated rings. The van der Waals surface area contributed by atoms with E-state index >= 15 is 0 Å². The Balaban J connectivity index is 1.93. The first-order valence-electron chi connectivity index (χ1n) is 11.1. The summed E-state index contributed by atoms with van der Waals surface area (Å²) in [5, 5.41) is 5.19. The van der Waals surface area contributed by atoms with Crippen LogP contribution in [0.4, 0.5) is 17.1 Å². The average Bonchev–Trinajstić information content (AvgIpc) is 3.07. The summed E-state index contributed by atoms with van der Waals surface area (Å²) in [5.74, 6) is -1.70. The number of rotatable bonds is 8. The van der Waals surface area contributed by atoms with Crippen LogP contribution in [0.5, 0.6) is 0 Å². The molecule has 0 radical (unpaired) electrons. The van der Waals surface area contributed by atoms with E-state index in [1.54, 1.807) is 26.0 Å². The highest BCUT2D eigenvalue weighted by Gasteiger charge is 2.48. The van der Waals surface area contributed by atoms with Gasteiger partial charge in [0.2, 0.25) is 27.7 Å². The molecule has 1 heterocycles. The monoisotopic (exact) mass is 500 g/mol. The van der Waals surface area contributed by atoms with Gasteiger partial charge in [-0.2, -0.15) is 4.31 Å². The quantitative estimate of drug-likeness (QED) is 0.536. The van der Waals surface area contributed by atoms with Crippen LogP contribution in [-0.4, -0.2) is 48.4 Å². The fraction of sp³-hybridized carbons (Fsp3) is 0.333. The van der Waals surface area contributed by atoms with Gasteiger partial charge in [-0.25, -0.2) is 13.3 Å². The van der Waals surface area contributed by atoms with Gasteiger partial charge in [0.25, 0.3) is 5.91 Å². The van der Waals surface area contributed by atoms with Gasteiger partial charge in [-0.05, 0) is 61.9 Å². The molecule has 186 valence electrons. The van der Waals surface area contributed by atoms with Gasteiger partial charge < -0.3 is 10.6 Å². The molecule has 2 N–H and O–H groups in total. The molecule has 4 amide bonds. The highest BCUT2D eigenvalue weighted by atomic mass is 32.2. The van der Waals surface area contributed by atoms with Crippen molar-refractivity contribution in [3.8, 4) is 0 Å². The predicted molar refractivity (Wildman–Crippen MR) is 131 cm³/mol. The molecule has 0 aromatic heterocycles. The molecule has 10 nitrogen and oxygen atoms in total. The van der Waals surface area contributed by atoms with Gasteiger partial charge in [-0.1, -0.05) is 6.92 Å². The van der Waals surface area contributed by atoms with Crippen molar-refractivity contribution < 1.29 is 27.6 Å². The van der Waals surface area contributed by atoms with Crippen molar-refractivity contribution in [3.05, 3.63) is 48.5 Å². The molecule has 1 aliphatic heterocycles. The third kappa shape index (κ3) is 5.57. The van der Waals surface area contributed by atoms with Crippen LogP contribution in [0, 0.1) is 0 Å². The van der Waals surface area contributed by atoms with Crippen LogP contribution in [0.1, 0.15) is 40.5 Å². The van der Waals surface area contributed by atoms with Crippen molar-refractivity contribution in [3.63, 3.8) is 0 Å². The van der Waals surface area contributed by atoms with Gasteiger partial charge in [0.05, 0.1) is 17.0 Å².